The van der Waals surface area contributed by atoms with Crippen molar-refractivity contribution in [3.8, 4) is 11.3 Å². The summed E-state index contributed by atoms with van der Waals surface area (Å²) in [6, 6.07) is 8.78. The van der Waals surface area contributed by atoms with Gasteiger partial charge in [-0.3, -0.25) is 14.3 Å². The second-order valence-corrected chi connectivity index (χ2v) is 8.55. The smallest absolute Gasteiger partial charge is 0.252 e. The van der Waals surface area contributed by atoms with E-state index in [0.29, 0.717) is 51.9 Å². The molecule has 0 unspecified atom stereocenters. The van der Waals surface area contributed by atoms with Crippen LogP contribution >= 0.6 is 11.6 Å². The number of nitrogens with zero attached hydrogens (tertiary/aromatic N) is 5. The van der Waals surface area contributed by atoms with E-state index in [-0.39, 0.29) is 24.4 Å². The molecule has 4 aromatic rings. The van der Waals surface area contributed by atoms with Crippen molar-refractivity contribution in [2.24, 2.45) is 5.73 Å². The van der Waals surface area contributed by atoms with E-state index in [1.165, 1.54) is 6.39 Å². The monoisotopic (exact) mass is 474 g/mol. The zero-order valence-electron chi connectivity index (χ0n) is 18.2. The minimum atomic E-state index is -0.632. The molecule has 0 radical (unpaired) electrons. The molecular formula is C24H19ClN6O3. The van der Waals surface area contributed by atoms with Crippen molar-refractivity contribution >= 4 is 40.2 Å². The number of aryl methyl sites for hydroxylation is 1. The highest BCUT2D eigenvalue weighted by atomic mass is 35.5. The molecule has 5 rings (SSSR count). The number of primary amides is 1. The summed E-state index contributed by atoms with van der Waals surface area (Å²) in [6.45, 7) is 10.1. The number of rotatable bonds is 4. The lowest BCUT2D eigenvalue weighted by Crippen LogP contribution is -2.40. The minimum Gasteiger partial charge on any atom is -0.442 e. The Hall–Kier alpha value is -4.16. The van der Waals surface area contributed by atoms with Crippen LogP contribution in [0.15, 0.2) is 41.1 Å². The molecule has 2 N–H and O–H groups in total. The standard InChI is InChI=1S/C24H19ClN6O3/c1-13-7-14(3-4-17(13)27-2)8-20(32)30-5-6-31-19(11-30)21(24(26)33)22(29-31)15-9-16(25)23-18(10-15)28-12-34-23/h3-4,7,9-10,12H,5-6,8,11H2,1H3,(H2,26,33). The van der Waals surface area contributed by atoms with Crippen molar-refractivity contribution in [3.63, 3.8) is 0 Å². The number of hydrogen-bond acceptors (Lipinski definition) is 5. The van der Waals surface area contributed by atoms with Crippen LogP contribution in [-0.4, -0.2) is 38.0 Å². The molecule has 0 atom stereocenters. The summed E-state index contributed by atoms with van der Waals surface area (Å²) in [6.07, 6.45) is 1.50. The largest absolute Gasteiger partial charge is 0.442 e. The van der Waals surface area contributed by atoms with Gasteiger partial charge in [0, 0.05) is 12.1 Å². The number of carbonyl (C=O) groups is 2. The molecule has 34 heavy (non-hydrogen) atoms. The number of halogens is 1. The first-order valence-electron chi connectivity index (χ1n) is 10.5. The number of amides is 2. The van der Waals surface area contributed by atoms with Crippen LogP contribution in [0.5, 0.6) is 0 Å². The maximum Gasteiger partial charge on any atom is 0.252 e. The lowest BCUT2D eigenvalue weighted by molar-refractivity contribution is -0.132. The highest BCUT2D eigenvalue weighted by molar-refractivity contribution is 6.35. The topological polar surface area (TPSA) is 112 Å². The van der Waals surface area contributed by atoms with E-state index in [2.05, 4.69) is 14.9 Å². The van der Waals surface area contributed by atoms with Gasteiger partial charge < -0.3 is 15.1 Å². The van der Waals surface area contributed by atoms with Crippen LogP contribution in [0, 0.1) is 13.5 Å². The van der Waals surface area contributed by atoms with E-state index >= 15 is 0 Å². The van der Waals surface area contributed by atoms with Gasteiger partial charge in [-0.25, -0.2) is 9.83 Å². The molecule has 0 saturated carbocycles. The molecule has 0 saturated heterocycles. The zero-order chi connectivity index (χ0) is 24.0. The van der Waals surface area contributed by atoms with Gasteiger partial charge in [0.1, 0.15) is 11.2 Å². The van der Waals surface area contributed by atoms with E-state index in [4.69, 9.17) is 28.3 Å². The Morgan fingerprint density at radius 3 is 2.82 bits per heavy atom. The summed E-state index contributed by atoms with van der Waals surface area (Å²) in [4.78, 5) is 34.8. The Morgan fingerprint density at radius 1 is 1.26 bits per heavy atom. The second kappa shape index (κ2) is 8.32. The van der Waals surface area contributed by atoms with Crippen LogP contribution in [0.4, 0.5) is 5.69 Å². The molecule has 0 aliphatic carbocycles. The first-order valence-corrected chi connectivity index (χ1v) is 10.9. The normalized spacial score (nSPS) is 13.0. The minimum absolute atomic E-state index is 0.0774. The SMILES string of the molecule is [C-]#[N+]c1ccc(CC(=O)N2CCn3nc(-c4cc(Cl)c5ocnc5c4)c(C(N)=O)c3C2)cc1C. The van der Waals surface area contributed by atoms with E-state index in [9.17, 15) is 9.59 Å². The first-order chi connectivity index (χ1) is 16.4. The summed E-state index contributed by atoms with van der Waals surface area (Å²) in [5.41, 5.74) is 10.8. The van der Waals surface area contributed by atoms with Crippen LogP contribution in [0.2, 0.25) is 5.02 Å². The van der Waals surface area contributed by atoms with E-state index in [1.807, 2.05) is 13.0 Å². The van der Waals surface area contributed by atoms with Crippen LogP contribution in [0.25, 0.3) is 27.2 Å². The first kappa shape index (κ1) is 21.7. The number of benzene rings is 2. The Morgan fingerprint density at radius 2 is 2.09 bits per heavy atom. The zero-order valence-corrected chi connectivity index (χ0v) is 19.0. The van der Waals surface area contributed by atoms with Gasteiger partial charge in [-0.2, -0.15) is 5.10 Å². The molecule has 1 aliphatic heterocycles. The van der Waals surface area contributed by atoms with E-state index in [1.54, 1.807) is 33.8 Å². The maximum atomic E-state index is 13.0. The summed E-state index contributed by atoms with van der Waals surface area (Å²) >= 11 is 6.33. The van der Waals surface area contributed by atoms with Crippen LogP contribution in [-0.2, 0) is 24.3 Å². The van der Waals surface area contributed by atoms with Crippen LogP contribution in [0.3, 0.4) is 0 Å². The lowest BCUT2D eigenvalue weighted by Gasteiger charge is -2.28. The fourth-order valence-corrected chi connectivity index (χ4v) is 4.55. The molecule has 0 bridgehead atoms. The molecular weight excluding hydrogens is 456 g/mol. The summed E-state index contributed by atoms with van der Waals surface area (Å²) in [5, 5.41) is 4.97. The average Bonchev–Trinajstić information content (AvgIpc) is 3.43. The van der Waals surface area contributed by atoms with Crippen molar-refractivity contribution in [2.45, 2.75) is 26.4 Å². The molecule has 2 amide bonds. The molecule has 2 aromatic carbocycles. The molecule has 1 aliphatic rings. The third kappa shape index (κ3) is 3.68. The predicted octanol–water partition coefficient (Wildman–Crippen LogP) is 3.89. The second-order valence-electron chi connectivity index (χ2n) is 8.14. The Balaban J connectivity index is 1.46. The fraction of sp³-hybridized carbons (Fsp3) is 0.208. The molecule has 170 valence electrons. The number of oxazole rings is 1. The van der Waals surface area contributed by atoms with Crippen molar-refractivity contribution in [2.75, 3.05) is 6.54 Å². The van der Waals surface area contributed by atoms with Crippen molar-refractivity contribution in [3.05, 3.63) is 75.5 Å². The Bertz CT molecular complexity index is 1510. The van der Waals surface area contributed by atoms with Gasteiger partial charge in [0.2, 0.25) is 5.91 Å². The molecule has 0 fully saturated rings. The van der Waals surface area contributed by atoms with Crippen LogP contribution < -0.4 is 5.73 Å². The van der Waals surface area contributed by atoms with Gasteiger partial charge in [0.05, 0.1) is 42.4 Å². The lowest BCUT2D eigenvalue weighted by atomic mass is 10.0. The van der Waals surface area contributed by atoms with Gasteiger partial charge in [-0.05, 0) is 30.2 Å². The van der Waals surface area contributed by atoms with Gasteiger partial charge in [-0.15, -0.1) is 0 Å². The van der Waals surface area contributed by atoms with Crippen molar-refractivity contribution in [1.29, 1.82) is 0 Å². The molecule has 0 spiro atoms. The predicted molar refractivity (Wildman–Crippen MR) is 125 cm³/mol. The highest BCUT2D eigenvalue weighted by Crippen LogP contribution is 2.33. The highest BCUT2D eigenvalue weighted by Gasteiger charge is 2.30. The number of carbonyl (C=O) groups excluding carboxylic acids is 2. The quantitative estimate of drug-likeness (QED) is 0.451. The van der Waals surface area contributed by atoms with E-state index < -0.39 is 5.91 Å². The summed E-state index contributed by atoms with van der Waals surface area (Å²) < 4.78 is 7.01. The number of hydrogen-bond donors (Lipinski definition) is 1. The van der Waals surface area contributed by atoms with Crippen molar-refractivity contribution < 1.29 is 14.0 Å². The number of aromatic nitrogens is 3. The Kier molecular flexibility index (Phi) is 5.30. The Labute approximate surface area is 199 Å². The summed E-state index contributed by atoms with van der Waals surface area (Å²) in [5.74, 6) is -0.710. The van der Waals surface area contributed by atoms with Gasteiger partial charge >= 0.3 is 0 Å². The number of fused-ring (bicyclic) bond motifs is 2. The molecule has 10 heteroatoms. The van der Waals surface area contributed by atoms with Crippen LogP contribution in [0.1, 0.15) is 27.2 Å². The average molecular weight is 475 g/mol. The van der Waals surface area contributed by atoms with E-state index in [0.717, 1.165) is 11.1 Å². The third-order valence-electron chi connectivity index (χ3n) is 5.98. The van der Waals surface area contributed by atoms with Gasteiger partial charge in [-0.1, -0.05) is 29.8 Å². The number of nitrogens with two attached hydrogens (primary N) is 1. The summed E-state index contributed by atoms with van der Waals surface area (Å²) in [7, 11) is 0. The molecule has 9 nitrogen and oxygen atoms in total. The molecule has 3 heterocycles. The van der Waals surface area contributed by atoms with Gasteiger partial charge in [0.15, 0.2) is 17.7 Å². The molecule has 2 aromatic heterocycles. The van der Waals surface area contributed by atoms with Gasteiger partial charge in [0.25, 0.3) is 5.91 Å². The third-order valence-corrected chi connectivity index (χ3v) is 6.26. The maximum absolute atomic E-state index is 13.0. The fourth-order valence-electron chi connectivity index (χ4n) is 4.30. The van der Waals surface area contributed by atoms with Crippen molar-refractivity contribution in [1.82, 2.24) is 19.7 Å².